The van der Waals surface area contributed by atoms with Gasteiger partial charge in [-0.05, 0) is 19.3 Å². The van der Waals surface area contributed by atoms with Crippen LogP contribution in [0, 0.1) is 0 Å². The molecule has 0 aromatic heterocycles. The molecule has 0 heterocycles. The molecule has 1 rings (SSSR count). The van der Waals surface area contributed by atoms with E-state index in [1.54, 1.807) is 6.20 Å². The summed E-state index contributed by atoms with van der Waals surface area (Å²) in [5, 5.41) is 2.54. The predicted octanol–water partition coefficient (Wildman–Crippen LogP) is 1.36. The van der Waals surface area contributed by atoms with E-state index in [0.29, 0.717) is 6.41 Å². The van der Waals surface area contributed by atoms with Crippen molar-refractivity contribution in [3.63, 3.8) is 0 Å². The molecule has 0 aromatic rings. The molecular formula is C8H11NO. The van der Waals surface area contributed by atoms with Crippen molar-refractivity contribution < 1.29 is 4.79 Å². The number of hydrogen-bond donors (Lipinski definition) is 1. The Kier molecular flexibility index (Phi) is 2.74. The molecule has 10 heavy (non-hydrogen) atoms. The maximum Gasteiger partial charge on any atom is 0.211 e. The number of rotatable bonds is 2. The van der Waals surface area contributed by atoms with Gasteiger partial charge in [-0.25, -0.2) is 0 Å². The van der Waals surface area contributed by atoms with Gasteiger partial charge in [0.1, 0.15) is 0 Å². The molecule has 0 radical (unpaired) electrons. The maximum atomic E-state index is 9.87. The summed E-state index contributed by atoms with van der Waals surface area (Å²) in [4.78, 5) is 9.87. The molecule has 54 valence electrons. The van der Waals surface area contributed by atoms with E-state index in [1.165, 1.54) is 5.57 Å². The average molecular weight is 137 g/mol. The van der Waals surface area contributed by atoms with Crippen LogP contribution >= 0.6 is 0 Å². The van der Waals surface area contributed by atoms with Crippen molar-refractivity contribution in [2.75, 3.05) is 0 Å². The first-order chi connectivity index (χ1) is 4.93. The molecule has 0 aliphatic heterocycles. The van der Waals surface area contributed by atoms with Crippen LogP contribution in [0.25, 0.3) is 0 Å². The lowest BCUT2D eigenvalue weighted by Gasteiger charge is -2.06. The molecule has 0 fully saturated rings. The summed E-state index contributed by atoms with van der Waals surface area (Å²) in [6.45, 7) is 0. The highest BCUT2D eigenvalue weighted by atomic mass is 16.1. The highest BCUT2D eigenvalue weighted by Crippen LogP contribution is 2.15. The van der Waals surface area contributed by atoms with Gasteiger partial charge in [-0.1, -0.05) is 17.7 Å². The van der Waals surface area contributed by atoms with Crippen LogP contribution in [0.1, 0.15) is 19.3 Å². The van der Waals surface area contributed by atoms with Crippen LogP contribution < -0.4 is 5.32 Å². The lowest BCUT2D eigenvalue weighted by atomic mass is 10.0. The zero-order valence-electron chi connectivity index (χ0n) is 5.84. The molecule has 1 aliphatic rings. The van der Waals surface area contributed by atoms with E-state index in [9.17, 15) is 4.79 Å². The fourth-order valence-corrected chi connectivity index (χ4v) is 1.01. The standard InChI is InChI=1S/C8H11NO/c10-7-9-6-8-4-2-1-3-5-8/h1-2,6-7H,3-5H2,(H,9,10)/b8-6+. The Labute approximate surface area is 60.6 Å². The quantitative estimate of drug-likeness (QED) is 0.452. The van der Waals surface area contributed by atoms with E-state index in [0.717, 1.165) is 19.3 Å². The molecule has 0 aromatic carbocycles. The Morgan fingerprint density at radius 2 is 2.40 bits per heavy atom. The third-order valence-corrected chi connectivity index (χ3v) is 1.53. The molecule has 2 heteroatoms. The summed E-state index contributed by atoms with van der Waals surface area (Å²) in [5.41, 5.74) is 1.30. The van der Waals surface area contributed by atoms with Gasteiger partial charge in [-0.15, -0.1) is 0 Å². The van der Waals surface area contributed by atoms with Crippen molar-refractivity contribution in [2.45, 2.75) is 19.3 Å². The number of amides is 1. The summed E-state index contributed by atoms with van der Waals surface area (Å²) >= 11 is 0. The van der Waals surface area contributed by atoms with Gasteiger partial charge in [-0.2, -0.15) is 0 Å². The summed E-state index contributed by atoms with van der Waals surface area (Å²) in [7, 11) is 0. The molecule has 1 N–H and O–H groups in total. The number of nitrogens with one attached hydrogen (secondary N) is 1. The molecule has 0 saturated carbocycles. The fraction of sp³-hybridized carbons (Fsp3) is 0.375. The van der Waals surface area contributed by atoms with E-state index in [1.807, 2.05) is 0 Å². The smallest absolute Gasteiger partial charge is 0.211 e. The highest BCUT2D eigenvalue weighted by molar-refractivity contribution is 5.48. The van der Waals surface area contributed by atoms with Crippen molar-refractivity contribution in [3.8, 4) is 0 Å². The first-order valence-electron chi connectivity index (χ1n) is 3.46. The van der Waals surface area contributed by atoms with Crippen LogP contribution in [0.2, 0.25) is 0 Å². The van der Waals surface area contributed by atoms with Crippen molar-refractivity contribution in [2.24, 2.45) is 0 Å². The molecule has 1 aliphatic carbocycles. The molecule has 1 amide bonds. The Morgan fingerprint density at radius 3 is 3.00 bits per heavy atom. The molecule has 0 unspecified atom stereocenters. The van der Waals surface area contributed by atoms with E-state index < -0.39 is 0 Å². The van der Waals surface area contributed by atoms with Crippen molar-refractivity contribution in [3.05, 3.63) is 23.9 Å². The molecule has 0 spiro atoms. The highest BCUT2D eigenvalue weighted by Gasteiger charge is 1.97. The van der Waals surface area contributed by atoms with E-state index in [-0.39, 0.29) is 0 Å². The van der Waals surface area contributed by atoms with Gasteiger partial charge >= 0.3 is 0 Å². The van der Waals surface area contributed by atoms with Gasteiger partial charge in [-0.3, -0.25) is 4.79 Å². The second kappa shape index (κ2) is 3.88. The minimum Gasteiger partial charge on any atom is -0.335 e. The van der Waals surface area contributed by atoms with E-state index in [2.05, 4.69) is 17.5 Å². The van der Waals surface area contributed by atoms with Crippen LogP contribution in [-0.4, -0.2) is 6.41 Å². The number of carbonyl (C=O) groups excluding carboxylic acids is 1. The Bertz CT molecular complexity index is 170. The summed E-state index contributed by atoms with van der Waals surface area (Å²) < 4.78 is 0. The van der Waals surface area contributed by atoms with Crippen LogP contribution in [-0.2, 0) is 4.79 Å². The largest absolute Gasteiger partial charge is 0.335 e. The van der Waals surface area contributed by atoms with Crippen molar-refractivity contribution in [1.29, 1.82) is 0 Å². The number of carbonyl (C=O) groups is 1. The second-order valence-electron chi connectivity index (χ2n) is 2.30. The summed E-state index contributed by atoms with van der Waals surface area (Å²) in [5.74, 6) is 0. The first kappa shape index (κ1) is 7.06. The van der Waals surface area contributed by atoms with Crippen LogP contribution in [0.5, 0.6) is 0 Å². The van der Waals surface area contributed by atoms with Gasteiger partial charge in [0, 0.05) is 6.20 Å². The molecule has 0 atom stereocenters. The zero-order valence-corrected chi connectivity index (χ0v) is 5.84. The Hall–Kier alpha value is -1.05. The van der Waals surface area contributed by atoms with Gasteiger partial charge in [0.05, 0.1) is 0 Å². The molecule has 0 bridgehead atoms. The second-order valence-corrected chi connectivity index (χ2v) is 2.30. The third kappa shape index (κ3) is 2.05. The minimum absolute atomic E-state index is 0.700. The normalized spacial score (nSPS) is 21.0. The predicted molar refractivity (Wildman–Crippen MR) is 40.3 cm³/mol. The fourth-order valence-electron chi connectivity index (χ4n) is 1.01. The Morgan fingerprint density at radius 1 is 1.50 bits per heavy atom. The monoisotopic (exact) mass is 137 g/mol. The van der Waals surface area contributed by atoms with Crippen molar-refractivity contribution in [1.82, 2.24) is 5.32 Å². The zero-order chi connectivity index (χ0) is 7.23. The van der Waals surface area contributed by atoms with Gasteiger partial charge in [0.25, 0.3) is 0 Å². The molecular weight excluding hydrogens is 126 g/mol. The first-order valence-corrected chi connectivity index (χ1v) is 3.46. The number of hydrogen-bond acceptors (Lipinski definition) is 1. The maximum absolute atomic E-state index is 9.87. The SMILES string of the molecule is O=CN/C=C1\CC=CCC1. The lowest BCUT2D eigenvalue weighted by molar-refractivity contribution is -0.108. The van der Waals surface area contributed by atoms with Gasteiger partial charge in [0.15, 0.2) is 0 Å². The van der Waals surface area contributed by atoms with Crippen LogP contribution in [0.15, 0.2) is 23.9 Å². The topological polar surface area (TPSA) is 29.1 Å². The summed E-state index contributed by atoms with van der Waals surface area (Å²) in [6, 6.07) is 0. The van der Waals surface area contributed by atoms with Crippen LogP contribution in [0.4, 0.5) is 0 Å². The van der Waals surface area contributed by atoms with E-state index >= 15 is 0 Å². The number of allylic oxidation sites excluding steroid dienone is 3. The lowest BCUT2D eigenvalue weighted by Crippen LogP contribution is -2.02. The third-order valence-electron chi connectivity index (χ3n) is 1.53. The molecule has 2 nitrogen and oxygen atoms in total. The average Bonchev–Trinajstić information content (AvgIpc) is 2.03. The summed E-state index contributed by atoms with van der Waals surface area (Å²) in [6.07, 6.45) is 9.95. The molecule has 0 saturated heterocycles. The van der Waals surface area contributed by atoms with Crippen LogP contribution in [0.3, 0.4) is 0 Å². The van der Waals surface area contributed by atoms with E-state index in [4.69, 9.17) is 0 Å². The minimum atomic E-state index is 0.700. The van der Waals surface area contributed by atoms with Gasteiger partial charge < -0.3 is 5.32 Å². The Balaban J connectivity index is 2.39. The van der Waals surface area contributed by atoms with Gasteiger partial charge in [0.2, 0.25) is 6.41 Å². The van der Waals surface area contributed by atoms with Crippen molar-refractivity contribution >= 4 is 6.41 Å².